The number of fused-ring (bicyclic) bond motifs is 1. The molecule has 0 bridgehead atoms. The third-order valence-corrected chi connectivity index (χ3v) is 1.77. The van der Waals surface area contributed by atoms with Crippen molar-refractivity contribution in [2.24, 2.45) is 0 Å². The summed E-state index contributed by atoms with van der Waals surface area (Å²) in [5.74, 6) is 0.516. The number of rotatable bonds is 1. The van der Waals surface area contributed by atoms with E-state index in [9.17, 15) is 0 Å². The molecule has 0 fully saturated rings. The zero-order valence-electron chi connectivity index (χ0n) is 6.86. The van der Waals surface area contributed by atoms with Gasteiger partial charge in [0.15, 0.2) is 5.65 Å². The number of anilines is 1. The van der Waals surface area contributed by atoms with Crippen molar-refractivity contribution in [3.8, 4) is 0 Å². The maximum atomic E-state index is 5.51. The lowest BCUT2D eigenvalue weighted by Crippen LogP contribution is -1.92. The van der Waals surface area contributed by atoms with Crippen LogP contribution in [-0.2, 0) is 6.42 Å². The number of aromatic nitrogens is 3. The summed E-state index contributed by atoms with van der Waals surface area (Å²) in [4.78, 5) is 8.27. The van der Waals surface area contributed by atoms with Crippen LogP contribution in [0.1, 0.15) is 12.6 Å². The molecule has 2 heterocycles. The maximum Gasteiger partial charge on any atom is 0.155 e. The molecule has 4 nitrogen and oxygen atoms in total. The first-order chi connectivity index (χ1) is 5.79. The molecule has 2 aromatic rings. The van der Waals surface area contributed by atoms with Gasteiger partial charge in [0.1, 0.15) is 5.82 Å². The summed E-state index contributed by atoms with van der Waals surface area (Å²) in [6.45, 7) is 2.07. The predicted molar refractivity (Wildman–Crippen MR) is 46.8 cm³/mol. The summed E-state index contributed by atoms with van der Waals surface area (Å²) >= 11 is 0. The van der Waals surface area contributed by atoms with Crippen LogP contribution in [0.15, 0.2) is 18.6 Å². The molecule has 2 aromatic heterocycles. The van der Waals surface area contributed by atoms with E-state index in [1.165, 1.54) is 0 Å². The summed E-state index contributed by atoms with van der Waals surface area (Å²) in [5.41, 5.74) is 7.42. The van der Waals surface area contributed by atoms with Crippen LogP contribution in [0.4, 0.5) is 5.82 Å². The molecule has 0 radical (unpaired) electrons. The molecule has 0 unspecified atom stereocenters. The first-order valence-corrected chi connectivity index (χ1v) is 3.88. The molecule has 0 aliphatic heterocycles. The van der Waals surface area contributed by atoms with Crippen LogP contribution in [0.3, 0.4) is 0 Å². The third-order valence-electron chi connectivity index (χ3n) is 1.77. The third kappa shape index (κ3) is 1.01. The molecule has 62 valence electrons. The van der Waals surface area contributed by atoms with E-state index in [2.05, 4.69) is 16.9 Å². The number of nitrogen functional groups attached to an aromatic ring is 1. The van der Waals surface area contributed by atoms with E-state index >= 15 is 0 Å². The van der Waals surface area contributed by atoms with E-state index in [0.29, 0.717) is 5.82 Å². The largest absolute Gasteiger partial charge is 0.382 e. The van der Waals surface area contributed by atoms with Crippen LogP contribution in [-0.4, -0.2) is 14.4 Å². The summed E-state index contributed by atoms with van der Waals surface area (Å²) in [6.07, 6.45) is 6.34. The lowest BCUT2D eigenvalue weighted by Gasteiger charge is -1.92. The first-order valence-electron chi connectivity index (χ1n) is 3.88. The van der Waals surface area contributed by atoms with Gasteiger partial charge in [-0.05, 0) is 6.42 Å². The number of aryl methyl sites for hydroxylation is 1. The van der Waals surface area contributed by atoms with Gasteiger partial charge in [-0.15, -0.1) is 0 Å². The second kappa shape index (κ2) is 2.48. The van der Waals surface area contributed by atoms with Gasteiger partial charge in [-0.2, -0.15) is 0 Å². The Bertz CT molecular complexity index is 404. The van der Waals surface area contributed by atoms with Crippen molar-refractivity contribution >= 4 is 11.5 Å². The van der Waals surface area contributed by atoms with Crippen molar-refractivity contribution in [2.45, 2.75) is 13.3 Å². The molecule has 0 saturated carbocycles. The first kappa shape index (κ1) is 7.09. The van der Waals surface area contributed by atoms with E-state index in [-0.39, 0.29) is 0 Å². The van der Waals surface area contributed by atoms with Gasteiger partial charge in [-0.3, -0.25) is 0 Å². The fourth-order valence-electron chi connectivity index (χ4n) is 1.14. The van der Waals surface area contributed by atoms with E-state index in [1.807, 2.05) is 10.6 Å². The Morgan fingerprint density at radius 3 is 3.08 bits per heavy atom. The Hall–Kier alpha value is -1.58. The van der Waals surface area contributed by atoms with Gasteiger partial charge in [-0.25, -0.2) is 9.97 Å². The van der Waals surface area contributed by atoms with Crippen molar-refractivity contribution in [3.05, 3.63) is 24.3 Å². The molecule has 0 aliphatic rings. The Morgan fingerprint density at radius 2 is 2.33 bits per heavy atom. The highest BCUT2D eigenvalue weighted by atomic mass is 15.0. The van der Waals surface area contributed by atoms with Gasteiger partial charge in [0.2, 0.25) is 0 Å². The molecular formula is C8H10N4. The molecule has 2 rings (SSSR count). The molecule has 4 heteroatoms. The second-order valence-corrected chi connectivity index (χ2v) is 2.66. The average molecular weight is 162 g/mol. The fourth-order valence-corrected chi connectivity index (χ4v) is 1.14. The van der Waals surface area contributed by atoms with Crippen LogP contribution < -0.4 is 5.73 Å². The van der Waals surface area contributed by atoms with Crippen molar-refractivity contribution in [1.82, 2.24) is 14.4 Å². The Morgan fingerprint density at radius 1 is 1.50 bits per heavy atom. The van der Waals surface area contributed by atoms with Gasteiger partial charge in [-0.1, -0.05) is 6.92 Å². The average Bonchev–Trinajstić information content (AvgIpc) is 2.46. The Balaban J connectivity index is 2.67. The molecular weight excluding hydrogens is 152 g/mol. The lowest BCUT2D eigenvalue weighted by molar-refractivity contribution is 1.07. The normalized spacial score (nSPS) is 10.8. The number of hydrogen-bond acceptors (Lipinski definition) is 3. The minimum Gasteiger partial charge on any atom is -0.382 e. The highest BCUT2D eigenvalue weighted by molar-refractivity contribution is 5.41. The minimum absolute atomic E-state index is 0.516. The Labute approximate surface area is 70.1 Å². The molecule has 0 amide bonds. The van der Waals surface area contributed by atoms with Crippen LogP contribution in [0, 0.1) is 0 Å². The van der Waals surface area contributed by atoms with Gasteiger partial charge in [0.05, 0.1) is 18.1 Å². The van der Waals surface area contributed by atoms with Crippen molar-refractivity contribution < 1.29 is 0 Å². The number of imidazole rings is 1. The monoisotopic (exact) mass is 162 g/mol. The number of hydrogen-bond donors (Lipinski definition) is 1. The summed E-state index contributed by atoms with van der Waals surface area (Å²) in [6, 6.07) is 0. The van der Waals surface area contributed by atoms with Crippen LogP contribution >= 0.6 is 0 Å². The number of nitrogens with zero attached hydrogens (tertiary/aromatic N) is 3. The summed E-state index contributed by atoms with van der Waals surface area (Å²) < 4.78 is 1.89. The molecule has 2 N–H and O–H groups in total. The SMILES string of the molecule is CCc1cn2cc(N)ncc2n1. The molecule has 12 heavy (non-hydrogen) atoms. The van der Waals surface area contributed by atoms with Crippen molar-refractivity contribution in [2.75, 3.05) is 5.73 Å². The van der Waals surface area contributed by atoms with Crippen LogP contribution in [0.25, 0.3) is 5.65 Å². The van der Waals surface area contributed by atoms with Gasteiger partial charge < -0.3 is 10.1 Å². The second-order valence-electron chi connectivity index (χ2n) is 2.66. The van der Waals surface area contributed by atoms with Gasteiger partial charge in [0, 0.05) is 6.20 Å². The van der Waals surface area contributed by atoms with Crippen molar-refractivity contribution in [1.29, 1.82) is 0 Å². The zero-order valence-corrected chi connectivity index (χ0v) is 6.86. The molecule has 0 atom stereocenters. The van der Waals surface area contributed by atoms with E-state index < -0.39 is 0 Å². The highest BCUT2D eigenvalue weighted by Gasteiger charge is 1.98. The predicted octanol–water partition coefficient (Wildman–Crippen LogP) is 0.874. The topological polar surface area (TPSA) is 56.2 Å². The number of nitrogens with two attached hydrogens (primary N) is 1. The van der Waals surface area contributed by atoms with Gasteiger partial charge in [0.25, 0.3) is 0 Å². The van der Waals surface area contributed by atoms with Crippen LogP contribution in [0.2, 0.25) is 0 Å². The highest BCUT2D eigenvalue weighted by Crippen LogP contribution is 2.05. The molecule has 0 aliphatic carbocycles. The lowest BCUT2D eigenvalue weighted by atomic mass is 10.4. The smallest absolute Gasteiger partial charge is 0.155 e. The minimum atomic E-state index is 0.516. The quantitative estimate of drug-likeness (QED) is 0.677. The Kier molecular flexibility index (Phi) is 1.46. The van der Waals surface area contributed by atoms with Crippen molar-refractivity contribution in [3.63, 3.8) is 0 Å². The molecule has 0 spiro atoms. The summed E-state index contributed by atoms with van der Waals surface area (Å²) in [7, 11) is 0. The summed E-state index contributed by atoms with van der Waals surface area (Å²) in [5, 5.41) is 0. The standard InChI is InChI=1S/C8H10N4/c1-2-6-4-12-5-7(9)10-3-8(12)11-6/h3-5H,2,9H2,1H3. The van der Waals surface area contributed by atoms with Crippen LogP contribution in [0.5, 0.6) is 0 Å². The molecule has 0 aromatic carbocycles. The molecule has 0 saturated heterocycles. The van der Waals surface area contributed by atoms with E-state index in [4.69, 9.17) is 5.73 Å². The zero-order chi connectivity index (χ0) is 8.55. The maximum absolute atomic E-state index is 5.51. The van der Waals surface area contributed by atoms with E-state index in [1.54, 1.807) is 12.4 Å². The van der Waals surface area contributed by atoms with Gasteiger partial charge >= 0.3 is 0 Å². The van der Waals surface area contributed by atoms with E-state index in [0.717, 1.165) is 17.8 Å². The fraction of sp³-hybridized carbons (Fsp3) is 0.250.